The minimum atomic E-state index is -0.344. The van der Waals surface area contributed by atoms with Gasteiger partial charge in [0, 0.05) is 16.0 Å². The molecule has 4 aromatic rings. The number of thioether (sulfide) groups is 1. The lowest BCUT2D eigenvalue weighted by atomic mass is 10.0. The minimum absolute atomic E-state index is 0.129. The molecular formula is C25H24FN3O2S2. The first-order valence-corrected chi connectivity index (χ1v) is 12.3. The van der Waals surface area contributed by atoms with Gasteiger partial charge < -0.3 is 5.32 Å². The lowest BCUT2D eigenvalue weighted by Crippen LogP contribution is -2.41. The number of nitrogens with zero attached hydrogens (tertiary/aromatic N) is 2. The number of amides is 1. The molecule has 0 unspecified atom stereocenters. The van der Waals surface area contributed by atoms with Crippen LogP contribution in [0.1, 0.15) is 25.6 Å². The number of benzene rings is 2. The molecule has 2 heterocycles. The van der Waals surface area contributed by atoms with Crippen LogP contribution < -0.4 is 10.9 Å². The summed E-state index contributed by atoms with van der Waals surface area (Å²) in [6.45, 7) is 7.70. The van der Waals surface area contributed by atoms with Gasteiger partial charge in [-0.3, -0.25) is 14.2 Å². The summed E-state index contributed by atoms with van der Waals surface area (Å²) in [5.41, 5.74) is 1.64. The number of fused-ring (bicyclic) bond motifs is 1. The third kappa shape index (κ3) is 5.02. The number of hydrogen-bond acceptors (Lipinski definition) is 5. The molecule has 0 spiro atoms. The number of hydrogen-bond donors (Lipinski definition) is 1. The predicted molar refractivity (Wildman–Crippen MR) is 134 cm³/mol. The maximum Gasteiger partial charge on any atom is 0.268 e. The summed E-state index contributed by atoms with van der Waals surface area (Å²) in [6, 6.07) is 15.4. The number of rotatable bonds is 5. The average Bonchev–Trinajstić information content (AvgIpc) is 3.08. The fraction of sp³-hybridized carbons (Fsp3) is 0.240. The van der Waals surface area contributed by atoms with Crippen LogP contribution in [0.5, 0.6) is 0 Å². The second-order valence-corrected chi connectivity index (χ2v) is 10.8. The summed E-state index contributed by atoms with van der Waals surface area (Å²) in [6.07, 6.45) is 0. The first kappa shape index (κ1) is 23.2. The average molecular weight is 482 g/mol. The van der Waals surface area contributed by atoms with Crippen LogP contribution in [0, 0.1) is 12.7 Å². The highest BCUT2D eigenvalue weighted by Crippen LogP contribution is 2.37. The van der Waals surface area contributed by atoms with Crippen molar-refractivity contribution >= 4 is 39.2 Å². The quantitative estimate of drug-likeness (QED) is 0.299. The normalized spacial score (nSPS) is 11.7. The highest BCUT2D eigenvalue weighted by atomic mass is 32.2. The third-order valence-corrected chi connectivity index (χ3v) is 6.80. The van der Waals surface area contributed by atoms with Gasteiger partial charge in [0.25, 0.3) is 5.56 Å². The van der Waals surface area contributed by atoms with Crippen LogP contribution in [0.25, 0.3) is 27.0 Å². The predicted octanol–water partition coefficient (Wildman–Crippen LogP) is 5.57. The zero-order valence-electron chi connectivity index (χ0n) is 18.8. The summed E-state index contributed by atoms with van der Waals surface area (Å²) in [5.74, 6) is -0.323. The van der Waals surface area contributed by atoms with Gasteiger partial charge in [-0.2, -0.15) is 0 Å². The molecule has 0 aliphatic heterocycles. The molecular weight excluding hydrogens is 457 g/mol. The molecule has 2 aromatic carbocycles. The number of thiophene rings is 1. The molecule has 0 fully saturated rings. The van der Waals surface area contributed by atoms with Crippen LogP contribution in [0.2, 0.25) is 0 Å². The number of para-hydroxylation sites is 1. The molecule has 2 aromatic heterocycles. The van der Waals surface area contributed by atoms with E-state index in [1.54, 1.807) is 16.7 Å². The van der Waals surface area contributed by atoms with Gasteiger partial charge in [0.1, 0.15) is 10.6 Å². The Morgan fingerprint density at radius 1 is 1.12 bits per heavy atom. The van der Waals surface area contributed by atoms with Crippen molar-refractivity contribution in [2.75, 3.05) is 5.75 Å². The van der Waals surface area contributed by atoms with E-state index >= 15 is 0 Å². The van der Waals surface area contributed by atoms with Gasteiger partial charge in [-0.05, 0) is 57.5 Å². The number of nitrogens with one attached hydrogen (secondary N) is 1. The zero-order valence-corrected chi connectivity index (χ0v) is 20.4. The first-order chi connectivity index (χ1) is 15.6. The van der Waals surface area contributed by atoms with Crippen LogP contribution in [0.3, 0.4) is 0 Å². The van der Waals surface area contributed by atoms with E-state index in [0.29, 0.717) is 21.1 Å². The van der Waals surface area contributed by atoms with Crippen molar-refractivity contribution in [3.8, 4) is 16.8 Å². The molecule has 4 rings (SSSR count). The second-order valence-electron chi connectivity index (χ2n) is 8.68. The van der Waals surface area contributed by atoms with E-state index in [-0.39, 0.29) is 28.6 Å². The van der Waals surface area contributed by atoms with Crippen molar-refractivity contribution in [1.29, 1.82) is 0 Å². The highest BCUT2D eigenvalue weighted by Gasteiger charge is 2.22. The van der Waals surface area contributed by atoms with E-state index < -0.39 is 0 Å². The van der Waals surface area contributed by atoms with E-state index in [0.717, 1.165) is 16.0 Å². The van der Waals surface area contributed by atoms with Crippen LogP contribution in [-0.2, 0) is 4.79 Å². The molecule has 0 atom stereocenters. The number of aryl methyl sites for hydroxylation is 1. The van der Waals surface area contributed by atoms with E-state index in [9.17, 15) is 14.0 Å². The van der Waals surface area contributed by atoms with E-state index in [1.807, 2.05) is 58.0 Å². The summed E-state index contributed by atoms with van der Waals surface area (Å²) in [4.78, 5) is 32.6. The molecule has 0 saturated heterocycles. The largest absolute Gasteiger partial charge is 0.351 e. The SMILES string of the molecule is Cc1sc2nc(SCC(=O)NC(C)(C)C)n(-c3ccccc3)c(=O)c2c1-c1ccc(F)cc1. The fourth-order valence-electron chi connectivity index (χ4n) is 3.59. The molecule has 0 aliphatic rings. The Kier molecular flexibility index (Phi) is 6.41. The van der Waals surface area contributed by atoms with Gasteiger partial charge in [-0.25, -0.2) is 9.37 Å². The summed E-state index contributed by atoms with van der Waals surface area (Å²) < 4.78 is 15.1. The third-order valence-electron chi connectivity index (χ3n) is 4.87. The lowest BCUT2D eigenvalue weighted by molar-refractivity contribution is -0.119. The molecule has 33 heavy (non-hydrogen) atoms. The zero-order chi connectivity index (χ0) is 23.8. The van der Waals surface area contributed by atoms with Crippen molar-refractivity contribution in [3.63, 3.8) is 0 Å². The van der Waals surface area contributed by atoms with Gasteiger partial charge >= 0.3 is 0 Å². The fourth-order valence-corrected chi connectivity index (χ4v) is 5.49. The van der Waals surface area contributed by atoms with E-state index in [4.69, 9.17) is 4.98 Å². The van der Waals surface area contributed by atoms with Crippen molar-refractivity contribution in [3.05, 3.63) is 75.6 Å². The molecule has 0 saturated carbocycles. The standard InChI is InChI=1S/C25H24FN3O2S2/c1-15-20(16-10-12-17(26)13-11-16)21-22(33-15)27-24(32-14-19(30)28-25(2,3)4)29(23(21)31)18-8-6-5-7-9-18/h5-13H,14H2,1-4H3,(H,28,30). The van der Waals surface area contributed by atoms with Crippen LogP contribution in [-0.4, -0.2) is 26.8 Å². The van der Waals surface area contributed by atoms with Crippen LogP contribution in [0.4, 0.5) is 4.39 Å². The Morgan fingerprint density at radius 3 is 2.42 bits per heavy atom. The van der Waals surface area contributed by atoms with Gasteiger partial charge in [0.2, 0.25) is 5.91 Å². The van der Waals surface area contributed by atoms with Gasteiger partial charge in [-0.1, -0.05) is 42.1 Å². The Labute approximate surface area is 199 Å². The Hall–Kier alpha value is -2.97. The molecule has 0 aliphatic carbocycles. The number of halogens is 1. The number of aromatic nitrogens is 2. The first-order valence-electron chi connectivity index (χ1n) is 10.5. The van der Waals surface area contributed by atoms with Crippen molar-refractivity contribution in [2.24, 2.45) is 0 Å². The van der Waals surface area contributed by atoms with Crippen molar-refractivity contribution in [2.45, 2.75) is 38.4 Å². The molecule has 0 radical (unpaired) electrons. The molecule has 8 heteroatoms. The molecule has 1 N–H and O–H groups in total. The lowest BCUT2D eigenvalue weighted by Gasteiger charge is -2.20. The van der Waals surface area contributed by atoms with E-state index in [2.05, 4.69) is 5.32 Å². The second kappa shape index (κ2) is 9.11. The van der Waals surface area contributed by atoms with Gasteiger partial charge in [-0.15, -0.1) is 11.3 Å². The molecule has 170 valence electrons. The maximum absolute atomic E-state index is 13.8. The topological polar surface area (TPSA) is 64.0 Å². The summed E-state index contributed by atoms with van der Waals surface area (Å²) >= 11 is 2.65. The maximum atomic E-state index is 13.8. The molecule has 5 nitrogen and oxygen atoms in total. The van der Waals surface area contributed by atoms with Crippen molar-refractivity contribution in [1.82, 2.24) is 14.9 Å². The van der Waals surface area contributed by atoms with Crippen LogP contribution in [0.15, 0.2) is 64.5 Å². The Balaban J connectivity index is 1.87. The van der Waals surface area contributed by atoms with Crippen molar-refractivity contribution < 1.29 is 9.18 Å². The summed E-state index contributed by atoms with van der Waals surface area (Å²) in [5, 5.41) is 3.89. The number of carbonyl (C=O) groups is 1. The van der Waals surface area contributed by atoms with E-state index in [1.165, 1.54) is 35.2 Å². The Bertz CT molecular complexity index is 1370. The monoisotopic (exact) mass is 481 g/mol. The van der Waals surface area contributed by atoms with Gasteiger partial charge in [0.15, 0.2) is 5.16 Å². The smallest absolute Gasteiger partial charge is 0.268 e. The van der Waals surface area contributed by atoms with Crippen LogP contribution >= 0.6 is 23.1 Å². The Morgan fingerprint density at radius 2 is 1.79 bits per heavy atom. The minimum Gasteiger partial charge on any atom is -0.351 e. The van der Waals surface area contributed by atoms with Gasteiger partial charge in [0.05, 0.1) is 16.8 Å². The highest BCUT2D eigenvalue weighted by molar-refractivity contribution is 7.99. The molecule has 0 bridgehead atoms. The summed E-state index contributed by atoms with van der Waals surface area (Å²) in [7, 11) is 0. The number of carbonyl (C=O) groups excluding carboxylic acids is 1. The molecule has 1 amide bonds.